The third-order valence-electron chi connectivity index (χ3n) is 3.72. The standard InChI is InChI=1S/C14H21N3O2S/c1-9-11(4-5-13(18)19)10(2)16-14(15-9)12-8-20-7-6-17(12)3/h12H,4-8H2,1-3H3,(H,18,19). The maximum atomic E-state index is 10.7. The lowest BCUT2D eigenvalue weighted by molar-refractivity contribution is -0.136. The van der Waals surface area contributed by atoms with Crippen molar-refractivity contribution >= 4 is 17.7 Å². The Morgan fingerprint density at radius 1 is 1.40 bits per heavy atom. The summed E-state index contributed by atoms with van der Waals surface area (Å²) in [7, 11) is 2.11. The molecule has 1 aromatic heterocycles. The predicted molar refractivity (Wildman–Crippen MR) is 80.2 cm³/mol. The van der Waals surface area contributed by atoms with Crippen LogP contribution in [0.5, 0.6) is 0 Å². The van der Waals surface area contributed by atoms with Crippen LogP contribution in [0.4, 0.5) is 0 Å². The lowest BCUT2D eigenvalue weighted by Gasteiger charge is -2.31. The number of nitrogens with zero attached hydrogens (tertiary/aromatic N) is 3. The molecule has 2 heterocycles. The van der Waals surface area contributed by atoms with Gasteiger partial charge in [0.05, 0.1) is 6.04 Å². The first-order valence-electron chi connectivity index (χ1n) is 6.83. The monoisotopic (exact) mass is 295 g/mol. The second-order valence-corrected chi connectivity index (χ2v) is 6.35. The van der Waals surface area contributed by atoms with Gasteiger partial charge >= 0.3 is 5.97 Å². The Morgan fingerprint density at radius 3 is 2.60 bits per heavy atom. The minimum absolute atomic E-state index is 0.129. The molecule has 1 aliphatic rings. The van der Waals surface area contributed by atoms with E-state index in [1.54, 1.807) is 0 Å². The first kappa shape index (κ1) is 15.3. The van der Waals surface area contributed by atoms with E-state index in [9.17, 15) is 4.79 Å². The van der Waals surface area contributed by atoms with Gasteiger partial charge in [0.15, 0.2) is 0 Å². The number of rotatable bonds is 4. The molecule has 5 nitrogen and oxygen atoms in total. The number of carboxylic acids is 1. The molecule has 0 bridgehead atoms. The molecule has 0 aromatic carbocycles. The molecule has 1 aliphatic heterocycles. The number of carbonyl (C=O) groups is 1. The summed E-state index contributed by atoms with van der Waals surface area (Å²) < 4.78 is 0. The fourth-order valence-electron chi connectivity index (χ4n) is 2.47. The first-order valence-corrected chi connectivity index (χ1v) is 7.98. The van der Waals surface area contributed by atoms with Gasteiger partial charge in [-0.25, -0.2) is 9.97 Å². The fourth-order valence-corrected chi connectivity index (χ4v) is 3.68. The number of carboxylic acid groups (broad SMARTS) is 1. The van der Waals surface area contributed by atoms with E-state index in [0.29, 0.717) is 6.42 Å². The third kappa shape index (κ3) is 3.49. The van der Waals surface area contributed by atoms with Crippen molar-refractivity contribution < 1.29 is 9.90 Å². The molecule has 0 spiro atoms. The molecule has 0 amide bonds. The number of thioether (sulfide) groups is 1. The highest BCUT2D eigenvalue weighted by Gasteiger charge is 2.24. The Kier molecular flexibility index (Phi) is 4.99. The largest absolute Gasteiger partial charge is 0.481 e. The number of aromatic nitrogens is 2. The van der Waals surface area contributed by atoms with E-state index in [-0.39, 0.29) is 12.5 Å². The van der Waals surface area contributed by atoms with Gasteiger partial charge in [-0.05, 0) is 32.9 Å². The average molecular weight is 295 g/mol. The summed E-state index contributed by atoms with van der Waals surface area (Å²) in [4.78, 5) is 22.2. The van der Waals surface area contributed by atoms with Crippen LogP contribution in [0.2, 0.25) is 0 Å². The lowest BCUT2D eigenvalue weighted by Crippen LogP contribution is -2.34. The summed E-state index contributed by atoms with van der Waals surface area (Å²) >= 11 is 1.93. The summed E-state index contributed by atoms with van der Waals surface area (Å²) in [6.45, 7) is 4.95. The van der Waals surface area contributed by atoms with Crippen LogP contribution >= 0.6 is 11.8 Å². The Hall–Kier alpha value is -1.14. The molecule has 1 fully saturated rings. The third-order valence-corrected chi connectivity index (χ3v) is 4.74. The Bertz CT molecular complexity index is 484. The van der Waals surface area contributed by atoms with E-state index < -0.39 is 5.97 Å². The maximum absolute atomic E-state index is 10.7. The zero-order valence-electron chi connectivity index (χ0n) is 12.2. The number of hydrogen-bond donors (Lipinski definition) is 1. The van der Waals surface area contributed by atoms with Crippen molar-refractivity contribution in [3.05, 3.63) is 22.8 Å². The molecule has 20 heavy (non-hydrogen) atoms. The molecular formula is C14H21N3O2S. The highest BCUT2D eigenvalue weighted by atomic mass is 32.2. The molecule has 0 saturated carbocycles. The summed E-state index contributed by atoms with van der Waals surface area (Å²) in [5.41, 5.74) is 2.80. The fraction of sp³-hybridized carbons (Fsp3) is 0.643. The molecule has 1 unspecified atom stereocenters. The summed E-state index contributed by atoms with van der Waals surface area (Å²) in [6, 6.07) is 0.264. The number of aryl methyl sites for hydroxylation is 2. The predicted octanol–water partition coefficient (Wildman–Crippen LogP) is 1.83. The molecule has 2 rings (SSSR count). The maximum Gasteiger partial charge on any atom is 0.303 e. The van der Waals surface area contributed by atoms with Gasteiger partial charge in [0.25, 0.3) is 0 Å². The van der Waals surface area contributed by atoms with Gasteiger partial charge in [0, 0.05) is 35.9 Å². The first-order chi connectivity index (χ1) is 9.49. The topological polar surface area (TPSA) is 66.3 Å². The van der Waals surface area contributed by atoms with Gasteiger partial charge in [0.2, 0.25) is 0 Å². The van der Waals surface area contributed by atoms with Crippen LogP contribution in [-0.4, -0.2) is 51.0 Å². The molecule has 1 N–H and O–H groups in total. The highest BCUT2D eigenvalue weighted by Crippen LogP contribution is 2.27. The minimum Gasteiger partial charge on any atom is -0.481 e. The second kappa shape index (κ2) is 6.54. The van der Waals surface area contributed by atoms with Crippen molar-refractivity contribution in [2.24, 2.45) is 0 Å². The normalized spacial score (nSPS) is 20.1. The van der Waals surface area contributed by atoms with Crippen LogP contribution in [0.25, 0.3) is 0 Å². The van der Waals surface area contributed by atoms with Crippen molar-refractivity contribution in [3.8, 4) is 0 Å². The molecule has 0 radical (unpaired) electrons. The van der Waals surface area contributed by atoms with Crippen molar-refractivity contribution in [2.75, 3.05) is 25.1 Å². The van der Waals surface area contributed by atoms with Gasteiger partial charge in [0.1, 0.15) is 5.82 Å². The lowest BCUT2D eigenvalue weighted by atomic mass is 10.1. The molecule has 0 aliphatic carbocycles. The Morgan fingerprint density at radius 2 is 2.05 bits per heavy atom. The summed E-state index contributed by atoms with van der Waals surface area (Å²) in [6.07, 6.45) is 0.631. The van der Waals surface area contributed by atoms with Gasteiger partial charge in [-0.1, -0.05) is 0 Å². The van der Waals surface area contributed by atoms with E-state index in [4.69, 9.17) is 5.11 Å². The van der Waals surface area contributed by atoms with E-state index in [2.05, 4.69) is 21.9 Å². The van der Waals surface area contributed by atoms with E-state index in [0.717, 1.165) is 40.8 Å². The van der Waals surface area contributed by atoms with Crippen molar-refractivity contribution in [1.82, 2.24) is 14.9 Å². The Labute approximate surface area is 123 Å². The van der Waals surface area contributed by atoms with E-state index in [1.165, 1.54) is 0 Å². The van der Waals surface area contributed by atoms with Gasteiger partial charge in [-0.2, -0.15) is 11.8 Å². The smallest absolute Gasteiger partial charge is 0.303 e. The van der Waals surface area contributed by atoms with Crippen LogP contribution < -0.4 is 0 Å². The van der Waals surface area contributed by atoms with Crippen molar-refractivity contribution in [1.29, 1.82) is 0 Å². The van der Waals surface area contributed by atoms with Gasteiger partial charge in [-0.3, -0.25) is 9.69 Å². The average Bonchev–Trinajstić information content (AvgIpc) is 2.37. The Balaban J connectivity index is 2.22. The minimum atomic E-state index is -0.781. The molecule has 1 atom stereocenters. The zero-order chi connectivity index (χ0) is 14.7. The molecular weight excluding hydrogens is 274 g/mol. The quantitative estimate of drug-likeness (QED) is 0.914. The van der Waals surface area contributed by atoms with Crippen molar-refractivity contribution in [2.45, 2.75) is 32.7 Å². The van der Waals surface area contributed by atoms with Crippen LogP contribution in [0.1, 0.15) is 35.2 Å². The second-order valence-electron chi connectivity index (χ2n) is 5.20. The van der Waals surface area contributed by atoms with Gasteiger partial charge in [-0.15, -0.1) is 0 Å². The van der Waals surface area contributed by atoms with E-state index >= 15 is 0 Å². The van der Waals surface area contributed by atoms with Crippen molar-refractivity contribution in [3.63, 3.8) is 0 Å². The van der Waals surface area contributed by atoms with Crippen LogP contribution in [0, 0.1) is 13.8 Å². The molecule has 6 heteroatoms. The summed E-state index contributed by atoms with van der Waals surface area (Å²) in [5.74, 6) is 2.26. The SMILES string of the molecule is Cc1nc(C2CSCCN2C)nc(C)c1CCC(=O)O. The summed E-state index contributed by atoms with van der Waals surface area (Å²) in [5, 5.41) is 8.80. The van der Waals surface area contributed by atoms with E-state index in [1.807, 2.05) is 25.6 Å². The molecule has 1 aromatic rings. The van der Waals surface area contributed by atoms with Crippen LogP contribution in [0.15, 0.2) is 0 Å². The van der Waals surface area contributed by atoms with Crippen LogP contribution in [-0.2, 0) is 11.2 Å². The van der Waals surface area contributed by atoms with Gasteiger partial charge < -0.3 is 5.11 Å². The number of hydrogen-bond acceptors (Lipinski definition) is 5. The highest BCUT2D eigenvalue weighted by molar-refractivity contribution is 7.99. The molecule has 110 valence electrons. The zero-order valence-corrected chi connectivity index (χ0v) is 13.0. The molecule has 1 saturated heterocycles. The van der Waals surface area contributed by atoms with Crippen LogP contribution in [0.3, 0.4) is 0 Å². The number of aliphatic carboxylic acids is 1.